The first kappa shape index (κ1) is 20.5. The molecule has 0 bridgehead atoms. The topological polar surface area (TPSA) is 76.0 Å². The summed E-state index contributed by atoms with van der Waals surface area (Å²) < 4.78 is 1.42. The van der Waals surface area contributed by atoms with Gasteiger partial charge >= 0.3 is 0 Å². The van der Waals surface area contributed by atoms with Crippen LogP contribution in [-0.4, -0.2) is 34.8 Å². The second-order valence-corrected chi connectivity index (χ2v) is 8.17. The van der Waals surface area contributed by atoms with Crippen molar-refractivity contribution in [2.24, 2.45) is 5.92 Å². The summed E-state index contributed by atoms with van der Waals surface area (Å²) in [5.41, 5.74) is 0.182. The number of hydrogen-bond donors (Lipinski definition) is 2. The van der Waals surface area contributed by atoms with Crippen LogP contribution in [0.5, 0.6) is 0 Å². The molecule has 0 unspecified atom stereocenters. The zero-order valence-electron chi connectivity index (χ0n) is 17.0. The smallest absolute Gasteiger partial charge is 0.274 e. The number of amides is 1. The Labute approximate surface area is 166 Å². The highest BCUT2D eigenvalue weighted by Crippen LogP contribution is 2.17. The lowest BCUT2D eigenvalue weighted by molar-refractivity contribution is 0.0947. The molecule has 0 spiro atoms. The minimum atomic E-state index is -0.226. The van der Waals surface area contributed by atoms with Crippen LogP contribution in [-0.2, 0) is 6.54 Å². The third kappa shape index (κ3) is 5.19. The van der Waals surface area contributed by atoms with Crippen LogP contribution in [0, 0.1) is 5.92 Å². The highest BCUT2D eigenvalue weighted by Gasteiger charge is 2.17. The Hall–Kier alpha value is -2.21. The van der Waals surface area contributed by atoms with E-state index in [0.717, 1.165) is 6.54 Å². The number of carbonyl (C=O) groups is 1. The van der Waals surface area contributed by atoms with Crippen molar-refractivity contribution in [3.8, 4) is 0 Å². The second kappa shape index (κ2) is 9.82. The van der Waals surface area contributed by atoms with Crippen LogP contribution in [0.2, 0.25) is 0 Å². The van der Waals surface area contributed by atoms with Crippen LogP contribution in [0.1, 0.15) is 62.9 Å². The maximum absolute atomic E-state index is 12.8. The Morgan fingerprint density at radius 2 is 1.79 bits per heavy atom. The molecule has 0 saturated heterocycles. The van der Waals surface area contributed by atoms with Gasteiger partial charge in [0.1, 0.15) is 0 Å². The quantitative estimate of drug-likeness (QED) is 0.568. The van der Waals surface area contributed by atoms with Crippen molar-refractivity contribution >= 4 is 16.7 Å². The van der Waals surface area contributed by atoms with Gasteiger partial charge in [-0.05, 0) is 24.8 Å². The van der Waals surface area contributed by atoms with E-state index in [4.69, 9.17) is 0 Å². The van der Waals surface area contributed by atoms with Gasteiger partial charge in [-0.3, -0.25) is 9.59 Å². The number of aromatic nitrogens is 2. The standard InChI is InChI=1S/C22H32N4O2/c1-16(2)15-26-22(28)19-12-8-7-11-18(19)20(25-26)21(27)24-14-13-23-17-9-5-3-4-6-10-17/h7-8,11-12,16-17,23H,3-6,9-10,13-15H2,1-2H3,(H,24,27). The largest absolute Gasteiger partial charge is 0.349 e. The molecule has 1 aromatic carbocycles. The maximum Gasteiger partial charge on any atom is 0.274 e. The number of carbonyl (C=O) groups excluding carboxylic acids is 1. The molecule has 1 aromatic heterocycles. The molecule has 28 heavy (non-hydrogen) atoms. The van der Waals surface area contributed by atoms with Gasteiger partial charge in [0.05, 0.1) is 5.39 Å². The highest BCUT2D eigenvalue weighted by molar-refractivity contribution is 6.04. The lowest BCUT2D eigenvalue weighted by atomic mass is 10.1. The predicted molar refractivity (Wildman–Crippen MR) is 113 cm³/mol. The van der Waals surface area contributed by atoms with Crippen molar-refractivity contribution in [1.82, 2.24) is 20.4 Å². The zero-order chi connectivity index (χ0) is 19.9. The minimum Gasteiger partial charge on any atom is -0.349 e. The summed E-state index contributed by atoms with van der Waals surface area (Å²) in [6.07, 6.45) is 7.69. The monoisotopic (exact) mass is 384 g/mol. The Balaban J connectivity index is 1.68. The first-order valence-electron chi connectivity index (χ1n) is 10.6. The van der Waals surface area contributed by atoms with E-state index in [-0.39, 0.29) is 17.4 Å². The van der Waals surface area contributed by atoms with Gasteiger partial charge in [-0.2, -0.15) is 5.10 Å². The van der Waals surface area contributed by atoms with E-state index in [2.05, 4.69) is 15.7 Å². The molecule has 1 aliphatic carbocycles. The van der Waals surface area contributed by atoms with E-state index >= 15 is 0 Å². The number of nitrogens with zero attached hydrogens (tertiary/aromatic N) is 2. The second-order valence-electron chi connectivity index (χ2n) is 8.17. The van der Waals surface area contributed by atoms with Crippen LogP contribution in [0.3, 0.4) is 0 Å². The van der Waals surface area contributed by atoms with E-state index < -0.39 is 0 Å². The molecular weight excluding hydrogens is 352 g/mol. The molecule has 6 nitrogen and oxygen atoms in total. The van der Waals surface area contributed by atoms with Crippen molar-refractivity contribution in [2.75, 3.05) is 13.1 Å². The summed E-state index contributed by atoms with van der Waals surface area (Å²) in [6, 6.07) is 7.77. The number of benzene rings is 1. The van der Waals surface area contributed by atoms with Gasteiger partial charge in [0.25, 0.3) is 11.5 Å². The molecule has 1 fully saturated rings. The van der Waals surface area contributed by atoms with Gasteiger partial charge in [0, 0.05) is 31.1 Å². The fraction of sp³-hybridized carbons (Fsp3) is 0.591. The van der Waals surface area contributed by atoms with E-state index in [9.17, 15) is 9.59 Å². The molecule has 1 amide bonds. The molecule has 0 atom stereocenters. The Morgan fingerprint density at radius 3 is 2.46 bits per heavy atom. The average molecular weight is 385 g/mol. The fourth-order valence-corrected chi connectivity index (χ4v) is 3.89. The normalized spacial score (nSPS) is 15.7. The summed E-state index contributed by atoms with van der Waals surface area (Å²) in [5.74, 6) is 0.0439. The molecule has 2 N–H and O–H groups in total. The first-order chi connectivity index (χ1) is 13.6. The third-order valence-electron chi connectivity index (χ3n) is 5.32. The maximum atomic E-state index is 12.8. The summed E-state index contributed by atoms with van der Waals surface area (Å²) >= 11 is 0. The Bertz CT molecular complexity index is 851. The van der Waals surface area contributed by atoms with Crippen molar-refractivity contribution in [1.29, 1.82) is 0 Å². The van der Waals surface area contributed by atoms with Gasteiger partial charge in [0.15, 0.2) is 5.69 Å². The first-order valence-corrected chi connectivity index (χ1v) is 10.6. The van der Waals surface area contributed by atoms with E-state index in [0.29, 0.717) is 35.6 Å². The van der Waals surface area contributed by atoms with Gasteiger partial charge in [-0.25, -0.2) is 4.68 Å². The molecule has 0 aliphatic heterocycles. The van der Waals surface area contributed by atoms with Crippen LogP contribution in [0.4, 0.5) is 0 Å². The minimum absolute atomic E-state index is 0.143. The molecular formula is C22H32N4O2. The Kier molecular flexibility index (Phi) is 7.20. The third-order valence-corrected chi connectivity index (χ3v) is 5.32. The molecule has 1 aliphatic rings. The zero-order valence-corrected chi connectivity index (χ0v) is 17.0. The summed E-state index contributed by atoms with van der Waals surface area (Å²) in [4.78, 5) is 25.5. The lowest BCUT2D eigenvalue weighted by Crippen LogP contribution is -2.38. The van der Waals surface area contributed by atoms with Crippen LogP contribution >= 0.6 is 0 Å². The molecule has 0 radical (unpaired) electrons. The Morgan fingerprint density at radius 1 is 1.11 bits per heavy atom. The van der Waals surface area contributed by atoms with Crippen molar-refractivity contribution < 1.29 is 4.79 Å². The number of fused-ring (bicyclic) bond motifs is 1. The van der Waals surface area contributed by atoms with Crippen molar-refractivity contribution in [2.45, 2.75) is 65.0 Å². The van der Waals surface area contributed by atoms with Crippen LogP contribution in [0.15, 0.2) is 29.1 Å². The molecule has 6 heteroatoms. The van der Waals surface area contributed by atoms with Crippen LogP contribution in [0.25, 0.3) is 10.8 Å². The molecule has 1 saturated carbocycles. The summed E-state index contributed by atoms with van der Waals surface area (Å²) in [6.45, 7) is 5.85. The average Bonchev–Trinajstić information content (AvgIpc) is 2.96. The fourth-order valence-electron chi connectivity index (χ4n) is 3.89. The number of hydrogen-bond acceptors (Lipinski definition) is 4. The predicted octanol–water partition coefficient (Wildman–Crippen LogP) is 3.09. The molecule has 2 aromatic rings. The molecule has 3 rings (SSSR count). The highest BCUT2D eigenvalue weighted by atomic mass is 16.2. The van der Waals surface area contributed by atoms with Gasteiger partial charge in [0.2, 0.25) is 0 Å². The SMILES string of the molecule is CC(C)Cn1nc(C(=O)NCCNC2CCCCCC2)c2ccccc2c1=O. The van der Waals surface area contributed by atoms with E-state index in [1.165, 1.54) is 43.2 Å². The van der Waals surface area contributed by atoms with Crippen molar-refractivity contribution in [3.05, 3.63) is 40.3 Å². The van der Waals surface area contributed by atoms with E-state index in [1.807, 2.05) is 26.0 Å². The van der Waals surface area contributed by atoms with Crippen LogP contribution < -0.4 is 16.2 Å². The summed E-state index contributed by atoms with van der Waals surface area (Å²) in [5, 5.41) is 12.1. The van der Waals surface area contributed by atoms with Gasteiger partial charge < -0.3 is 10.6 Å². The molecule has 1 heterocycles. The molecule has 152 valence electrons. The van der Waals surface area contributed by atoms with Gasteiger partial charge in [-0.15, -0.1) is 0 Å². The number of nitrogens with one attached hydrogen (secondary N) is 2. The van der Waals surface area contributed by atoms with E-state index in [1.54, 1.807) is 12.1 Å². The van der Waals surface area contributed by atoms with Gasteiger partial charge in [-0.1, -0.05) is 57.7 Å². The number of rotatable bonds is 7. The summed E-state index contributed by atoms with van der Waals surface area (Å²) in [7, 11) is 0. The van der Waals surface area contributed by atoms with Crippen molar-refractivity contribution in [3.63, 3.8) is 0 Å². The lowest BCUT2D eigenvalue weighted by Gasteiger charge is -2.16.